The molecule has 0 bridgehead atoms. The molecule has 8 heteroatoms. The van der Waals surface area contributed by atoms with Crippen molar-refractivity contribution >= 4 is 21.9 Å². The van der Waals surface area contributed by atoms with Crippen LogP contribution in [0.15, 0.2) is 18.2 Å². The fraction of sp³-hybridized carbons (Fsp3) is 0.222. The molecule has 94 valence electrons. The van der Waals surface area contributed by atoms with Crippen molar-refractivity contribution in [1.29, 1.82) is 0 Å². The van der Waals surface area contributed by atoms with Crippen molar-refractivity contribution in [3.05, 3.63) is 23.8 Å². The minimum atomic E-state index is -3.68. The second-order valence-electron chi connectivity index (χ2n) is 3.43. The highest BCUT2D eigenvalue weighted by Crippen LogP contribution is 2.22. The van der Waals surface area contributed by atoms with Gasteiger partial charge in [-0.15, -0.1) is 0 Å². The number of hydrogen-bond acceptors (Lipinski definition) is 4. The Labute approximate surface area is 98.5 Å². The van der Waals surface area contributed by atoms with Gasteiger partial charge in [-0.1, -0.05) is 0 Å². The standard InChI is InChI=1S/C9H12N2O5S/c1-11(2)17(15,16)10-6-3-4-7(9(13)14)8(12)5-6/h3-5,10,12H,1-2H3,(H,13,14). The van der Waals surface area contributed by atoms with E-state index in [0.717, 1.165) is 16.4 Å². The molecule has 0 aromatic heterocycles. The average Bonchev–Trinajstić information content (AvgIpc) is 2.15. The minimum Gasteiger partial charge on any atom is -0.507 e. The lowest BCUT2D eigenvalue weighted by Gasteiger charge is -2.13. The third kappa shape index (κ3) is 3.08. The monoisotopic (exact) mass is 260 g/mol. The van der Waals surface area contributed by atoms with Crippen LogP contribution in [0.25, 0.3) is 0 Å². The highest BCUT2D eigenvalue weighted by atomic mass is 32.2. The van der Waals surface area contributed by atoms with Gasteiger partial charge in [-0.2, -0.15) is 12.7 Å². The number of anilines is 1. The first-order valence-corrected chi connectivity index (χ1v) is 5.94. The normalized spacial score (nSPS) is 11.5. The molecule has 0 atom stereocenters. The van der Waals surface area contributed by atoms with Crippen LogP contribution < -0.4 is 4.72 Å². The molecule has 0 unspecified atom stereocenters. The Kier molecular flexibility index (Phi) is 3.59. The van der Waals surface area contributed by atoms with Crippen molar-refractivity contribution in [2.75, 3.05) is 18.8 Å². The van der Waals surface area contributed by atoms with E-state index >= 15 is 0 Å². The first-order chi connectivity index (χ1) is 7.74. The number of hydrogen-bond donors (Lipinski definition) is 3. The van der Waals surface area contributed by atoms with Crippen LogP contribution >= 0.6 is 0 Å². The van der Waals surface area contributed by atoms with Crippen molar-refractivity contribution < 1.29 is 23.4 Å². The van der Waals surface area contributed by atoms with E-state index < -0.39 is 21.9 Å². The quantitative estimate of drug-likeness (QED) is 0.722. The molecule has 0 aliphatic carbocycles. The number of aromatic hydroxyl groups is 1. The maximum Gasteiger partial charge on any atom is 0.339 e. The lowest BCUT2D eigenvalue weighted by atomic mass is 10.2. The van der Waals surface area contributed by atoms with Crippen LogP contribution in [-0.2, 0) is 10.2 Å². The summed E-state index contributed by atoms with van der Waals surface area (Å²) in [6, 6.07) is 3.40. The summed E-state index contributed by atoms with van der Waals surface area (Å²) in [5.74, 6) is -1.79. The summed E-state index contributed by atoms with van der Waals surface area (Å²) in [5.41, 5.74) is -0.209. The van der Waals surface area contributed by atoms with Gasteiger partial charge in [0, 0.05) is 20.2 Å². The van der Waals surface area contributed by atoms with Gasteiger partial charge in [0.05, 0.1) is 5.69 Å². The van der Waals surface area contributed by atoms with Crippen LogP contribution in [0.1, 0.15) is 10.4 Å². The van der Waals surface area contributed by atoms with Crippen LogP contribution in [0.3, 0.4) is 0 Å². The van der Waals surface area contributed by atoms with Gasteiger partial charge in [0.25, 0.3) is 0 Å². The van der Waals surface area contributed by atoms with Crippen LogP contribution in [-0.4, -0.2) is 43.0 Å². The molecule has 0 spiro atoms. The number of rotatable bonds is 4. The summed E-state index contributed by atoms with van der Waals surface area (Å²) < 4.78 is 26.0. The van der Waals surface area contributed by atoms with E-state index in [-0.39, 0.29) is 11.3 Å². The molecule has 0 aliphatic heterocycles. The smallest absolute Gasteiger partial charge is 0.339 e. The van der Waals surface area contributed by atoms with Crippen LogP contribution in [0.5, 0.6) is 5.75 Å². The molecular formula is C9H12N2O5S. The first-order valence-electron chi connectivity index (χ1n) is 4.50. The summed E-state index contributed by atoms with van der Waals surface area (Å²) >= 11 is 0. The maximum atomic E-state index is 11.4. The highest BCUT2D eigenvalue weighted by Gasteiger charge is 2.15. The van der Waals surface area contributed by atoms with Gasteiger partial charge in [0.2, 0.25) is 0 Å². The second-order valence-corrected chi connectivity index (χ2v) is 5.31. The number of aromatic carboxylic acids is 1. The molecule has 1 aromatic rings. The first kappa shape index (κ1) is 13.3. The summed E-state index contributed by atoms with van der Waals surface area (Å²) in [5, 5.41) is 18.0. The van der Waals surface area contributed by atoms with Gasteiger partial charge in [-0.05, 0) is 12.1 Å². The van der Waals surface area contributed by atoms with E-state index in [1.807, 2.05) is 0 Å². The van der Waals surface area contributed by atoms with Gasteiger partial charge in [0.1, 0.15) is 11.3 Å². The van der Waals surface area contributed by atoms with Crippen LogP contribution in [0, 0.1) is 0 Å². The highest BCUT2D eigenvalue weighted by molar-refractivity contribution is 7.90. The minimum absolute atomic E-state index is 0.0844. The van der Waals surface area contributed by atoms with Crippen molar-refractivity contribution in [3.8, 4) is 5.75 Å². The number of benzene rings is 1. The zero-order chi connectivity index (χ0) is 13.2. The molecule has 1 aromatic carbocycles. The lowest BCUT2D eigenvalue weighted by Crippen LogP contribution is -2.28. The molecule has 17 heavy (non-hydrogen) atoms. The van der Waals surface area contributed by atoms with Crippen molar-refractivity contribution in [1.82, 2.24) is 4.31 Å². The van der Waals surface area contributed by atoms with Crippen LogP contribution in [0.4, 0.5) is 5.69 Å². The molecule has 0 heterocycles. The van der Waals surface area contributed by atoms with Gasteiger partial charge in [-0.25, -0.2) is 4.79 Å². The van der Waals surface area contributed by atoms with Crippen molar-refractivity contribution in [2.45, 2.75) is 0 Å². The molecule has 0 fully saturated rings. The van der Waals surface area contributed by atoms with E-state index in [2.05, 4.69) is 4.72 Å². The molecule has 1 rings (SSSR count). The maximum absolute atomic E-state index is 11.4. The Bertz CT molecular complexity index is 538. The van der Waals surface area contributed by atoms with Gasteiger partial charge < -0.3 is 10.2 Å². The van der Waals surface area contributed by atoms with Gasteiger partial charge >= 0.3 is 16.2 Å². The molecular weight excluding hydrogens is 248 g/mol. The molecule has 7 nitrogen and oxygen atoms in total. The zero-order valence-electron chi connectivity index (χ0n) is 9.21. The second kappa shape index (κ2) is 4.60. The largest absolute Gasteiger partial charge is 0.507 e. The number of carboxylic acids is 1. The summed E-state index contributed by atoms with van der Waals surface area (Å²) in [4.78, 5) is 10.6. The lowest BCUT2D eigenvalue weighted by molar-refractivity contribution is 0.0694. The Hall–Kier alpha value is -1.80. The average molecular weight is 260 g/mol. The molecule has 0 radical (unpaired) electrons. The predicted octanol–water partition coefficient (Wildman–Crippen LogP) is 0.309. The third-order valence-corrected chi connectivity index (χ3v) is 3.41. The van der Waals surface area contributed by atoms with Crippen molar-refractivity contribution in [2.24, 2.45) is 0 Å². The molecule has 0 saturated carbocycles. The van der Waals surface area contributed by atoms with E-state index in [1.54, 1.807) is 0 Å². The third-order valence-electron chi connectivity index (χ3n) is 1.96. The Morgan fingerprint density at radius 3 is 2.35 bits per heavy atom. The number of carbonyl (C=O) groups is 1. The van der Waals surface area contributed by atoms with E-state index in [4.69, 9.17) is 5.11 Å². The zero-order valence-corrected chi connectivity index (χ0v) is 10.0. The Balaban J connectivity index is 3.04. The summed E-state index contributed by atoms with van der Waals surface area (Å²) in [6.07, 6.45) is 0. The summed E-state index contributed by atoms with van der Waals surface area (Å²) in [7, 11) is -0.994. The van der Waals surface area contributed by atoms with E-state index in [9.17, 15) is 18.3 Å². The number of nitrogens with one attached hydrogen (secondary N) is 1. The number of nitrogens with zero attached hydrogens (tertiary/aromatic N) is 1. The molecule has 3 N–H and O–H groups in total. The number of carboxylic acid groups (broad SMARTS) is 1. The molecule has 0 saturated heterocycles. The number of phenols is 1. The summed E-state index contributed by atoms with van der Waals surface area (Å²) in [6.45, 7) is 0. The Morgan fingerprint density at radius 1 is 1.35 bits per heavy atom. The van der Waals surface area contributed by atoms with Crippen molar-refractivity contribution in [3.63, 3.8) is 0 Å². The SMILES string of the molecule is CN(C)S(=O)(=O)Nc1ccc(C(=O)O)c(O)c1. The van der Waals surface area contributed by atoms with E-state index in [1.165, 1.54) is 20.2 Å². The fourth-order valence-electron chi connectivity index (χ4n) is 1.02. The fourth-order valence-corrected chi connectivity index (χ4v) is 1.62. The van der Waals surface area contributed by atoms with Crippen LogP contribution in [0.2, 0.25) is 0 Å². The molecule has 0 aliphatic rings. The van der Waals surface area contributed by atoms with Gasteiger partial charge in [0.15, 0.2) is 0 Å². The topological polar surface area (TPSA) is 107 Å². The molecule has 0 amide bonds. The predicted molar refractivity (Wildman–Crippen MR) is 61.3 cm³/mol. The van der Waals surface area contributed by atoms with E-state index in [0.29, 0.717) is 0 Å². The van der Waals surface area contributed by atoms with Gasteiger partial charge in [-0.3, -0.25) is 4.72 Å². The Morgan fingerprint density at radius 2 is 1.94 bits per heavy atom.